The smallest absolute Gasteiger partial charge is 0.233 e. The standard InChI is InChI=1S/C16H18N4OS2/c1-10-12(9-18-20(10)3)8-17-15(21)11(2)22-16-19-13-6-4-5-7-14(13)23-16/h4-7,9,11H,8H2,1-3H3,(H,17,21). The molecule has 120 valence electrons. The first-order valence-corrected chi connectivity index (χ1v) is 9.01. The number of carbonyl (C=O) groups is 1. The average Bonchev–Trinajstić information content (AvgIpc) is 3.09. The molecule has 1 amide bonds. The molecule has 0 bridgehead atoms. The zero-order chi connectivity index (χ0) is 16.4. The number of fused-ring (bicyclic) bond motifs is 1. The van der Waals surface area contributed by atoms with E-state index >= 15 is 0 Å². The van der Waals surface area contributed by atoms with Crippen molar-refractivity contribution in [3.63, 3.8) is 0 Å². The predicted molar refractivity (Wildman–Crippen MR) is 94.7 cm³/mol. The summed E-state index contributed by atoms with van der Waals surface area (Å²) < 4.78 is 3.88. The first-order valence-electron chi connectivity index (χ1n) is 7.32. The van der Waals surface area contributed by atoms with E-state index in [2.05, 4.69) is 15.4 Å². The van der Waals surface area contributed by atoms with Gasteiger partial charge in [-0.1, -0.05) is 23.9 Å². The zero-order valence-corrected chi connectivity index (χ0v) is 14.9. The second-order valence-corrected chi connectivity index (χ2v) is 7.92. The van der Waals surface area contributed by atoms with Gasteiger partial charge in [-0.2, -0.15) is 5.10 Å². The number of para-hydroxylation sites is 1. The van der Waals surface area contributed by atoms with Crippen molar-refractivity contribution < 1.29 is 4.79 Å². The van der Waals surface area contributed by atoms with E-state index in [0.717, 1.165) is 25.8 Å². The minimum absolute atomic E-state index is 0.0116. The van der Waals surface area contributed by atoms with E-state index < -0.39 is 0 Å². The third-order valence-electron chi connectivity index (χ3n) is 3.71. The molecule has 1 unspecified atom stereocenters. The number of hydrogen-bond donors (Lipinski definition) is 1. The number of nitrogens with one attached hydrogen (secondary N) is 1. The Hall–Kier alpha value is -1.86. The van der Waals surface area contributed by atoms with Crippen molar-refractivity contribution >= 4 is 39.2 Å². The van der Waals surface area contributed by atoms with E-state index in [-0.39, 0.29) is 11.2 Å². The van der Waals surface area contributed by atoms with Gasteiger partial charge in [0.25, 0.3) is 0 Å². The number of nitrogens with zero attached hydrogens (tertiary/aromatic N) is 3. The third kappa shape index (κ3) is 3.56. The first kappa shape index (κ1) is 16.0. The molecule has 3 rings (SSSR count). The summed E-state index contributed by atoms with van der Waals surface area (Å²) in [6.45, 7) is 4.40. The molecule has 3 aromatic rings. The van der Waals surface area contributed by atoms with Crippen LogP contribution in [-0.4, -0.2) is 25.9 Å². The highest BCUT2D eigenvalue weighted by atomic mass is 32.2. The SMILES string of the molecule is Cc1c(CNC(=O)C(C)Sc2nc3ccccc3s2)cnn1C. The molecule has 23 heavy (non-hydrogen) atoms. The topological polar surface area (TPSA) is 59.8 Å². The van der Waals surface area contributed by atoms with Gasteiger partial charge in [0.15, 0.2) is 4.34 Å². The highest BCUT2D eigenvalue weighted by Gasteiger charge is 2.17. The van der Waals surface area contributed by atoms with E-state index in [0.29, 0.717) is 6.54 Å². The lowest BCUT2D eigenvalue weighted by atomic mass is 10.2. The van der Waals surface area contributed by atoms with E-state index in [1.165, 1.54) is 11.8 Å². The molecule has 0 aliphatic carbocycles. The summed E-state index contributed by atoms with van der Waals surface area (Å²) >= 11 is 3.12. The normalized spacial score (nSPS) is 12.5. The number of thiazole rings is 1. The molecule has 0 aliphatic heterocycles. The Kier molecular flexibility index (Phi) is 4.68. The summed E-state index contributed by atoms with van der Waals surface area (Å²) in [5.41, 5.74) is 3.09. The number of rotatable bonds is 5. The lowest BCUT2D eigenvalue weighted by molar-refractivity contribution is -0.120. The van der Waals surface area contributed by atoms with Gasteiger partial charge in [-0.3, -0.25) is 9.48 Å². The molecule has 2 heterocycles. The Morgan fingerprint density at radius 1 is 1.43 bits per heavy atom. The molecule has 0 saturated carbocycles. The van der Waals surface area contributed by atoms with Crippen LogP contribution in [0.5, 0.6) is 0 Å². The van der Waals surface area contributed by atoms with Crippen LogP contribution in [0.2, 0.25) is 0 Å². The highest BCUT2D eigenvalue weighted by molar-refractivity contribution is 8.02. The second kappa shape index (κ2) is 6.72. The quantitative estimate of drug-likeness (QED) is 0.721. The maximum Gasteiger partial charge on any atom is 0.233 e. The van der Waals surface area contributed by atoms with Crippen LogP contribution in [0.15, 0.2) is 34.8 Å². The van der Waals surface area contributed by atoms with Crippen molar-refractivity contribution in [1.29, 1.82) is 0 Å². The maximum absolute atomic E-state index is 12.3. The van der Waals surface area contributed by atoms with Gasteiger partial charge >= 0.3 is 0 Å². The summed E-state index contributed by atoms with van der Waals surface area (Å²) in [5.74, 6) is 0.0116. The fourth-order valence-corrected chi connectivity index (χ4v) is 4.39. The molecule has 0 radical (unpaired) electrons. The predicted octanol–water partition coefficient (Wildman–Crippen LogP) is 3.14. The van der Waals surface area contributed by atoms with E-state index in [1.807, 2.05) is 45.2 Å². The number of hydrogen-bond acceptors (Lipinski definition) is 5. The van der Waals surface area contributed by atoms with E-state index in [9.17, 15) is 4.79 Å². The summed E-state index contributed by atoms with van der Waals surface area (Å²) in [4.78, 5) is 16.8. The zero-order valence-electron chi connectivity index (χ0n) is 13.2. The third-order valence-corrected chi connectivity index (χ3v) is 5.94. The van der Waals surface area contributed by atoms with Crippen molar-refractivity contribution in [2.75, 3.05) is 0 Å². The number of aromatic nitrogens is 3. The van der Waals surface area contributed by atoms with Gasteiger partial charge in [0.1, 0.15) is 0 Å². The van der Waals surface area contributed by atoms with Gasteiger partial charge in [0.2, 0.25) is 5.91 Å². The molecular formula is C16H18N4OS2. The van der Waals surface area contributed by atoms with Crippen LogP contribution in [0.25, 0.3) is 10.2 Å². The number of thioether (sulfide) groups is 1. The number of carbonyl (C=O) groups excluding carboxylic acids is 1. The molecule has 0 aliphatic rings. The van der Waals surface area contributed by atoms with Gasteiger partial charge in [-0.25, -0.2) is 4.98 Å². The van der Waals surface area contributed by atoms with Crippen LogP contribution in [0, 0.1) is 6.92 Å². The first-order chi connectivity index (χ1) is 11.0. The largest absolute Gasteiger partial charge is 0.351 e. The number of benzene rings is 1. The summed E-state index contributed by atoms with van der Waals surface area (Å²) in [7, 11) is 1.90. The molecule has 0 spiro atoms. The van der Waals surface area contributed by atoms with Crippen LogP contribution >= 0.6 is 23.1 Å². The van der Waals surface area contributed by atoms with Gasteiger partial charge in [0.05, 0.1) is 21.7 Å². The van der Waals surface area contributed by atoms with E-state index in [4.69, 9.17) is 0 Å². The van der Waals surface area contributed by atoms with Crippen molar-refractivity contribution in [3.05, 3.63) is 41.7 Å². The Balaban J connectivity index is 1.60. The molecule has 0 saturated heterocycles. The second-order valence-electron chi connectivity index (χ2n) is 5.30. The van der Waals surface area contributed by atoms with Crippen LogP contribution in [0.1, 0.15) is 18.2 Å². The monoisotopic (exact) mass is 346 g/mol. The fraction of sp³-hybridized carbons (Fsp3) is 0.312. The van der Waals surface area contributed by atoms with Gasteiger partial charge in [0, 0.05) is 24.8 Å². The summed E-state index contributed by atoms with van der Waals surface area (Å²) in [6, 6.07) is 8.02. The minimum Gasteiger partial charge on any atom is -0.351 e. The lowest BCUT2D eigenvalue weighted by Crippen LogP contribution is -2.30. The molecule has 1 aromatic carbocycles. The molecule has 0 fully saturated rings. The Morgan fingerprint density at radius 3 is 2.91 bits per heavy atom. The maximum atomic E-state index is 12.3. The van der Waals surface area contributed by atoms with Crippen LogP contribution in [0.3, 0.4) is 0 Å². The summed E-state index contributed by atoms with van der Waals surface area (Å²) in [6.07, 6.45) is 1.79. The molecule has 1 N–H and O–H groups in total. The summed E-state index contributed by atoms with van der Waals surface area (Å²) in [5, 5.41) is 6.97. The lowest BCUT2D eigenvalue weighted by Gasteiger charge is -2.10. The van der Waals surface area contributed by atoms with Gasteiger partial charge < -0.3 is 5.32 Å². The van der Waals surface area contributed by atoms with Crippen LogP contribution in [-0.2, 0) is 18.4 Å². The number of amides is 1. The molecule has 7 heteroatoms. The Labute approximate surface area is 143 Å². The van der Waals surface area contributed by atoms with Gasteiger partial charge in [-0.15, -0.1) is 11.3 Å². The number of aryl methyl sites for hydroxylation is 1. The molecular weight excluding hydrogens is 328 g/mol. The molecule has 5 nitrogen and oxygen atoms in total. The van der Waals surface area contributed by atoms with Crippen molar-refractivity contribution in [3.8, 4) is 0 Å². The van der Waals surface area contributed by atoms with Crippen molar-refractivity contribution in [1.82, 2.24) is 20.1 Å². The Morgan fingerprint density at radius 2 is 2.22 bits per heavy atom. The van der Waals surface area contributed by atoms with Crippen LogP contribution in [0.4, 0.5) is 0 Å². The average molecular weight is 346 g/mol. The minimum atomic E-state index is -0.187. The van der Waals surface area contributed by atoms with E-state index in [1.54, 1.807) is 22.2 Å². The van der Waals surface area contributed by atoms with Crippen molar-refractivity contribution in [2.24, 2.45) is 7.05 Å². The highest BCUT2D eigenvalue weighted by Crippen LogP contribution is 2.31. The van der Waals surface area contributed by atoms with Gasteiger partial charge in [-0.05, 0) is 26.0 Å². The fourth-order valence-electron chi connectivity index (χ4n) is 2.15. The van der Waals surface area contributed by atoms with Crippen molar-refractivity contribution in [2.45, 2.75) is 30.0 Å². The molecule has 2 aromatic heterocycles. The molecule has 1 atom stereocenters. The Bertz CT molecular complexity index is 807. The van der Waals surface area contributed by atoms with Crippen LogP contribution < -0.4 is 5.32 Å².